The Morgan fingerprint density at radius 2 is 1.69 bits per heavy atom. The summed E-state index contributed by atoms with van der Waals surface area (Å²) in [5.41, 5.74) is 0. The highest BCUT2D eigenvalue weighted by atomic mass is 16.6. The Labute approximate surface area is 93.8 Å². The molecule has 1 atom stereocenters. The SMILES string of the molecule is CCOC(=O)C[C@H](CC(=O)OC(C)=O)OC. The zero-order valence-electron chi connectivity index (χ0n) is 9.65. The van der Waals surface area contributed by atoms with Gasteiger partial charge >= 0.3 is 17.9 Å². The maximum absolute atomic E-state index is 11.1. The van der Waals surface area contributed by atoms with Crippen molar-refractivity contribution >= 4 is 17.9 Å². The van der Waals surface area contributed by atoms with Crippen LogP contribution in [0.1, 0.15) is 26.7 Å². The van der Waals surface area contributed by atoms with Crippen LogP contribution < -0.4 is 0 Å². The van der Waals surface area contributed by atoms with Gasteiger partial charge in [-0.1, -0.05) is 0 Å². The first-order valence-corrected chi connectivity index (χ1v) is 4.89. The average Bonchev–Trinajstić information content (AvgIpc) is 2.15. The molecule has 0 aromatic rings. The van der Waals surface area contributed by atoms with E-state index in [0.29, 0.717) is 0 Å². The van der Waals surface area contributed by atoms with Gasteiger partial charge in [0.25, 0.3) is 0 Å². The summed E-state index contributed by atoms with van der Waals surface area (Å²) in [7, 11) is 1.37. The minimum absolute atomic E-state index is 0.0443. The van der Waals surface area contributed by atoms with Crippen LogP contribution in [-0.2, 0) is 28.6 Å². The monoisotopic (exact) mass is 232 g/mol. The Balaban J connectivity index is 4.04. The molecule has 0 bridgehead atoms. The normalized spacial score (nSPS) is 11.7. The minimum atomic E-state index is -0.719. The molecule has 6 nitrogen and oxygen atoms in total. The maximum atomic E-state index is 11.1. The van der Waals surface area contributed by atoms with Gasteiger partial charge in [-0.3, -0.25) is 14.4 Å². The van der Waals surface area contributed by atoms with Gasteiger partial charge in [-0.15, -0.1) is 0 Å². The van der Waals surface area contributed by atoms with Crippen LogP contribution in [0.15, 0.2) is 0 Å². The summed E-state index contributed by atoms with van der Waals surface area (Å²) in [6, 6.07) is 0. The molecule has 0 aromatic heterocycles. The van der Waals surface area contributed by atoms with Crippen LogP contribution in [0.5, 0.6) is 0 Å². The van der Waals surface area contributed by atoms with E-state index in [9.17, 15) is 14.4 Å². The van der Waals surface area contributed by atoms with Crippen molar-refractivity contribution in [2.45, 2.75) is 32.8 Å². The third-order valence-corrected chi connectivity index (χ3v) is 1.68. The van der Waals surface area contributed by atoms with Crippen molar-refractivity contribution in [2.75, 3.05) is 13.7 Å². The van der Waals surface area contributed by atoms with Crippen molar-refractivity contribution in [3.05, 3.63) is 0 Å². The number of ether oxygens (including phenoxy) is 3. The first-order valence-electron chi connectivity index (χ1n) is 4.89. The Hall–Kier alpha value is -1.43. The van der Waals surface area contributed by atoms with Crippen LogP contribution in [-0.4, -0.2) is 37.7 Å². The summed E-state index contributed by atoms with van der Waals surface area (Å²) in [6.45, 7) is 3.09. The van der Waals surface area contributed by atoms with E-state index in [1.165, 1.54) is 7.11 Å². The van der Waals surface area contributed by atoms with Gasteiger partial charge in [0, 0.05) is 14.0 Å². The molecule has 0 aromatic carbocycles. The summed E-state index contributed by atoms with van der Waals surface area (Å²) >= 11 is 0. The van der Waals surface area contributed by atoms with Gasteiger partial charge in [0.15, 0.2) is 0 Å². The molecule has 0 saturated carbocycles. The molecule has 0 aliphatic carbocycles. The molecule has 0 N–H and O–H groups in total. The van der Waals surface area contributed by atoms with E-state index in [1.54, 1.807) is 6.92 Å². The molecule has 0 fully saturated rings. The third kappa shape index (κ3) is 6.94. The van der Waals surface area contributed by atoms with Gasteiger partial charge in [-0.25, -0.2) is 0 Å². The number of methoxy groups -OCH3 is 1. The van der Waals surface area contributed by atoms with E-state index >= 15 is 0 Å². The van der Waals surface area contributed by atoms with Crippen molar-refractivity contribution < 1.29 is 28.6 Å². The molecule has 92 valence electrons. The van der Waals surface area contributed by atoms with Gasteiger partial charge in [0.1, 0.15) is 0 Å². The van der Waals surface area contributed by atoms with Crippen LogP contribution in [0.25, 0.3) is 0 Å². The largest absolute Gasteiger partial charge is 0.466 e. The van der Waals surface area contributed by atoms with Crippen LogP contribution >= 0.6 is 0 Å². The first kappa shape index (κ1) is 14.6. The predicted octanol–water partition coefficient (Wildman–Crippen LogP) is 0.434. The van der Waals surface area contributed by atoms with E-state index < -0.39 is 24.0 Å². The fourth-order valence-electron chi connectivity index (χ4n) is 1.03. The maximum Gasteiger partial charge on any atom is 0.316 e. The number of hydrogen-bond donors (Lipinski definition) is 0. The van der Waals surface area contributed by atoms with Gasteiger partial charge in [0.2, 0.25) is 0 Å². The average molecular weight is 232 g/mol. The Bertz CT molecular complexity index is 260. The lowest BCUT2D eigenvalue weighted by atomic mass is 10.2. The standard InChI is InChI=1S/C10H16O6/c1-4-15-9(12)5-8(14-3)6-10(13)16-7(2)11/h8H,4-6H2,1-3H3/t8-/m1/s1. The topological polar surface area (TPSA) is 78.9 Å². The molecule has 0 aliphatic rings. The van der Waals surface area contributed by atoms with E-state index in [-0.39, 0.29) is 19.4 Å². The number of rotatable bonds is 6. The van der Waals surface area contributed by atoms with Crippen molar-refractivity contribution in [2.24, 2.45) is 0 Å². The summed E-state index contributed by atoms with van der Waals surface area (Å²) in [6.07, 6.45) is -0.836. The lowest BCUT2D eigenvalue weighted by Crippen LogP contribution is -2.23. The van der Waals surface area contributed by atoms with Crippen molar-refractivity contribution in [3.63, 3.8) is 0 Å². The molecule has 0 saturated heterocycles. The van der Waals surface area contributed by atoms with Crippen molar-refractivity contribution in [1.29, 1.82) is 0 Å². The fourth-order valence-corrected chi connectivity index (χ4v) is 1.03. The van der Waals surface area contributed by atoms with Gasteiger partial charge < -0.3 is 14.2 Å². The van der Waals surface area contributed by atoms with Crippen molar-refractivity contribution in [1.82, 2.24) is 0 Å². The summed E-state index contributed by atoms with van der Waals surface area (Å²) in [4.78, 5) is 32.7. The highest BCUT2D eigenvalue weighted by molar-refractivity contribution is 5.84. The zero-order chi connectivity index (χ0) is 12.6. The van der Waals surface area contributed by atoms with Crippen LogP contribution in [0.3, 0.4) is 0 Å². The molecule has 0 unspecified atom stereocenters. The molecule has 6 heteroatoms. The van der Waals surface area contributed by atoms with E-state index in [0.717, 1.165) is 6.92 Å². The number of esters is 3. The van der Waals surface area contributed by atoms with Crippen LogP contribution in [0.4, 0.5) is 0 Å². The minimum Gasteiger partial charge on any atom is -0.466 e. The summed E-state index contributed by atoms with van der Waals surface area (Å²) < 4.78 is 13.9. The molecule has 0 spiro atoms. The highest BCUT2D eigenvalue weighted by Gasteiger charge is 2.19. The summed E-state index contributed by atoms with van der Waals surface area (Å²) in [5.74, 6) is -1.86. The summed E-state index contributed by atoms with van der Waals surface area (Å²) in [5, 5.41) is 0. The number of hydrogen-bond acceptors (Lipinski definition) is 6. The number of carbonyl (C=O) groups is 3. The predicted molar refractivity (Wildman–Crippen MR) is 53.4 cm³/mol. The lowest BCUT2D eigenvalue weighted by molar-refractivity contribution is -0.160. The van der Waals surface area contributed by atoms with E-state index in [1.807, 2.05) is 0 Å². The van der Waals surface area contributed by atoms with Gasteiger partial charge in [-0.05, 0) is 6.92 Å². The third-order valence-electron chi connectivity index (χ3n) is 1.68. The second-order valence-electron chi connectivity index (χ2n) is 3.04. The molecule has 0 rings (SSSR count). The molecular formula is C10H16O6. The van der Waals surface area contributed by atoms with Crippen LogP contribution in [0, 0.1) is 0 Å². The highest BCUT2D eigenvalue weighted by Crippen LogP contribution is 2.06. The lowest BCUT2D eigenvalue weighted by Gasteiger charge is -2.12. The molecular weight excluding hydrogens is 216 g/mol. The Morgan fingerprint density at radius 3 is 2.12 bits per heavy atom. The zero-order valence-corrected chi connectivity index (χ0v) is 9.65. The molecule has 0 amide bonds. The van der Waals surface area contributed by atoms with Crippen molar-refractivity contribution in [3.8, 4) is 0 Å². The molecule has 16 heavy (non-hydrogen) atoms. The molecule has 0 radical (unpaired) electrons. The second-order valence-corrected chi connectivity index (χ2v) is 3.04. The molecule has 0 heterocycles. The van der Waals surface area contributed by atoms with E-state index in [2.05, 4.69) is 4.74 Å². The smallest absolute Gasteiger partial charge is 0.316 e. The van der Waals surface area contributed by atoms with Gasteiger partial charge in [-0.2, -0.15) is 0 Å². The first-order chi connectivity index (χ1) is 7.49. The Morgan fingerprint density at radius 1 is 1.12 bits per heavy atom. The van der Waals surface area contributed by atoms with Gasteiger partial charge in [0.05, 0.1) is 25.6 Å². The second kappa shape index (κ2) is 7.81. The molecule has 0 aliphatic heterocycles. The number of carbonyl (C=O) groups excluding carboxylic acids is 3. The van der Waals surface area contributed by atoms with Crippen LogP contribution in [0.2, 0.25) is 0 Å². The fraction of sp³-hybridized carbons (Fsp3) is 0.700. The Kier molecular flexibility index (Phi) is 7.11. The van der Waals surface area contributed by atoms with E-state index in [4.69, 9.17) is 9.47 Å². The quantitative estimate of drug-likeness (QED) is 0.488.